The molecule has 238 valence electrons. The molecule has 2 saturated heterocycles. The maximum absolute atomic E-state index is 14.1. The molecule has 44 heavy (non-hydrogen) atoms. The van der Waals surface area contributed by atoms with Crippen LogP contribution in [0.25, 0.3) is 0 Å². The zero-order chi connectivity index (χ0) is 31.2. The van der Waals surface area contributed by atoms with Crippen molar-refractivity contribution in [2.75, 3.05) is 33.0 Å². The van der Waals surface area contributed by atoms with Gasteiger partial charge in [-0.15, -0.1) is 0 Å². The molecule has 3 heterocycles. The molecule has 0 aromatic heterocycles. The Morgan fingerprint density at radius 3 is 2.48 bits per heavy atom. The molecule has 1 N–H and O–H groups in total. The standard InChI is InChI=1S/C32H36F4N2O6/c1-2-42-27-14-22(32(34,35)36)13-20-15-38(18-43-28(20)27)30(41)31(21-5-6-21)11-9-24(17-44-31)37-12-10-25(26(16-37)29(39)40)19-3-7-23(33)8-4-19/h3-4,7-8,13-14,21,24-26H,2,5-6,9-12,15-18H2,1H3,(H,39,40)/t24-,25+,26-,31+/m1/s1. The van der Waals surface area contributed by atoms with Crippen LogP contribution in [0.15, 0.2) is 36.4 Å². The van der Waals surface area contributed by atoms with Gasteiger partial charge >= 0.3 is 12.1 Å². The van der Waals surface area contributed by atoms with E-state index in [2.05, 4.69) is 4.90 Å². The maximum Gasteiger partial charge on any atom is 0.416 e. The number of carboxylic acids is 1. The van der Waals surface area contributed by atoms with Gasteiger partial charge in [0.2, 0.25) is 0 Å². The number of aliphatic carboxylic acids is 1. The van der Waals surface area contributed by atoms with Crippen LogP contribution in [0.4, 0.5) is 17.6 Å². The van der Waals surface area contributed by atoms with E-state index >= 15 is 0 Å². The smallest absolute Gasteiger partial charge is 0.416 e. The van der Waals surface area contributed by atoms with Crippen LogP contribution in [0.5, 0.6) is 11.5 Å². The number of carbonyl (C=O) groups is 2. The molecule has 0 unspecified atom stereocenters. The summed E-state index contributed by atoms with van der Waals surface area (Å²) in [6.07, 6.45) is -1.31. The number of carboxylic acid groups (broad SMARTS) is 1. The topological polar surface area (TPSA) is 88.5 Å². The lowest BCUT2D eigenvalue weighted by Crippen LogP contribution is -2.59. The second kappa shape index (κ2) is 11.8. The fraction of sp³-hybridized carbons (Fsp3) is 0.562. The summed E-state index contributed by atoms with van der Waals surface area (Å²) in [6.45, 7) is 2.85. The molecule has 0 spiro atoms. The van der Waals surface area contributed by atoms with Crippen molar-refractivity contribution < 1.29 is 46.5 Å². The van der Waals surface area contributed by atoms with E-state index in [1.54, 1.807) is 19.1 Å². The number of piperidine rings is 1. The Kier molecular flexibility index (Phi) is 8.25. The Hall–Kier alpha value is -3.38. The van der Waals surface area contributed by atoms with Gasteiger partial charge in [-0.2, -0.15) is 13.2 Å². The second-order valence-electron chi connectivity index (χ2n) is 12.2. The SMILES string of the molecule is CCOc1cc(C(F)(F)F)cc2c1OCN(C(=O)[C@@]1(C3CC3)CC[C@@H](N3CC[C@@H](c4ccc(F)cc4)[C@H](C(=O)O)C3)CO1)C2. The Morgan fingerprint density at radius 1 is 1.11 bits per heavy atom. The van der Waals surface area contributed by atoms with E-state index < -0.39 is 29.2 Å². The molecule has 1 saturated carbocycles. The van der Waals surface area contributed by atoms with Gasteiger partial charge in [-0.3, -0.25) is 14.5 Å². The number of halogens is 4. The third-order valence-corrected chi connectivity index (χ3v) is 9.53. The van der Waals surface area contributed by atoms with Gasteiger partial charge in [0.1, 0.15) is 11.4 Å². The number of amides is 1. The van der Waals surface area contributed by atoms with Gasteiger partial charge in [-0.25, -0.2) is 4.39 Å². The molecule has 4 atom stereocenters. The van der Waals surface area contributed by atoms with E-state index in [-0.39, 0.29) is 73.2 Å². The number of nitrogens with zero attached hydrogens (tertiary/aromatic N) is 2. The molecule has 0 bridgehead atoms. The van der Waals surface area contributed by atoms with Crippen LogP contribution >= 0.6 is 0 Å². The predicted octanol–water partition coefficient (Wildman–Crippen LogP) is 5.44. The summed E-state index contributed by atoms with van der Waals surface area (Å²) in [5.41, 5.74) is -0.932. The third-order valence-electron chi connectivity index (χ3n) is 9.53. The zero-order valence-corrected chi connectivity index (χ0v) is 24.4. The van der Waals surface area contributed by atoms with Gasteiger partial charge in [0.15, 0.2) is 18.2 Å². The van der Waals surface area contributed by atoms with Crippen molar-refractivity contribution in [2.24, 2.45) is 11.8 Å². The van der Waals surface area contributed by atoms with Crippen LogP contribution in [0, 0.1) is 17.7 Å². The quantitative estimate of drug-likeness (QED) is 0.413. The van der Waals surface area contributed by atoms with Crippen molar-refractivity contribution in [1.82, 2.24) is 9.80 Å². The van der Waals surface area contributed by atoms with Gasteiger partial charge in [0.25, 0.3) is 5.91 Å². The molecule has 8 nitrogen and oxygen atoms in total. The molecule has 3 fully saturated rings. The van der Waals surface area contributed by atoms with Gasteiger partial charge in [0, 0.05) is 18.2 Å². The molecule has 6 rings (SSSR count). The summed E-state index contributed by atoms with van der Waals surface area (Å²) >= 11 is 0. The number of rotatable bonds is 7. The highest BCUT2D eigenvalue weighted by atomic mass is 19.4. The monoisotopic (exact) mass is 620 g/mol. The summed E-state index contributed by atoms with van der Waals surface area (Å²) in [7, 11) is 0. The van der Waals surface area contributed by atoms with Gasteiger partial charge in [-0.1, -0.05) is 12.1 Å². The second-order valence-corrected chi connectivity index (χ2v) is 12.2. The van der Waals surface area contributed by atoms with E-state index in [4.69, 9.17) is 14.2 Å². The Morgan fingerprint density at radius 2 is 1.86 bits per heavy atom. The number of benzene rings is 2. The summed E-state index contributed by atoms with van der Waals surface area (Å²) in [4.78, 5) is 29.9. The van der Waals surface area contributed by atoms with Crippen molar-refractivity contribution in [3.05, 3.63) is 58.9 Å². The number of fused-ring (bicyclic) bond motifs is 1. The molecular formula is C32H36F4N2O6. The first-order valence-electron chi connectivity index (χ1n) is 15.2. The number of likely N-dealkylation sites (tertiary alicyclic amines) is 1. The predicted molar refractivity (Wildman–Crippen MR) is 150 cm³/mol. The lowest BCUT2D eigenvalue weighted by atomic mass is 9.79. The highest BCUT2D eigenvalue weighted by Gasteiger charge is 2.56. The van der Waals surface area contributed by atoms with Crippen LogP contribution in [0.3, 0.4) is 0 Å². The largest absolute Gasteiger partial charge is 0.490 e. The number of ether oxygens (including phenoxy) is 3. The average molecular weight is 621 g/mol. The van der Waals surface area contributed by atoms with Crippen molar-refractivity contribution in [3.8, 4) is 11.5 Å². The molecule has 12 heteroatoms. The lowest BCUT2D eigenvalue weighted by molar-refractivity contribution is -0.181. The average Bonchev–Trinajstić information content (AvgIpc) is 3.87. The van der Waals surface area contributed by atoms with E-state index in [0.29, 0.717) is 32.4 Å². The fourth-order valence-electron chi connectivity index (χ4n) is 7.11. The highest BCUT2D eigenvalue weighted by Crippen LogP contribution is 2.49. The van der Waals surface area contributed by atoms with Gasteiger partial charge in [-0.05, 0) is 87.2 Å². The summed E-state index contributed by atoms with van der Waals surface area (Å²) in [6, 6.07) is 7.85. The fourth-order valence-corrected chi connectivity index (χ4v) is 7.11. The molecule has 4 aliphatic rings. The lowest BCUT2D eigenvalue weighted by Gasteiger charge is -2.47. The number of hydrogen-bond donors (Lipinski definition) is 1. The third kappa shape index (κ3) is 5.85. The van der Waals surface area contributed by atoms with E-state index in [1.807, 2.05) is 0 Å². The number of carbonyl (C=O) groups excluding carboxylic acids is 1. The number of hydrogen-bond acceptors (Lipinski definition) is 6. The molecule has 2 aromatic carbocycles. The zero-order valence-electron chi connectivity index (χ0n) is 24.4. The summed E-state index contributed by atoms with van der Waals surface area (Å²) < 4.78 is 72.1. The van der Waals surface area contributed by atoms with E-state index in [1.165, 1.54) is 17.0 Å². The van der Waals surface area contributed by atoms with Crippen molar-refractivity contribution in [1.29, 1.82) is 0 Å². The normalized spacial score (nSPS) is 27.8. The first kappa shape index (κ1) is 30.6. The highest BCUT2D eigenvalue weighted by molar-refractivity contribution is 5.86. The van der Waals surface area contributed by atoms with E-state index in [9.17, 15) is 32.3 Å². The minimum Gasteiger partial charge on any atom is -0.490 e. The molecule has 1 amide bonds. The molecule has 1 aliphatic carbocycles. The van der Waals surface area contributed by atoms with E-state index in [0.717, 1.165) is 30.5 Å². The first-order valence-corrected chi connectivity index (χ1v) is 15.2. The van der Waals surface area contributed by atoms with Crippen LogP contribution in [0.2, 0.25) is 0 Å². The van der Waals surface area contributed by atoms with Crippen LogP contribution in [0.1, 0.15) is 61.6 Å². The minimum absolute atomic E-state index is 0.000882. The van der Waals surface area contributed by atoms with Crippen molar-refractivity contribution in [2.45, 2.75) is 69.3 Å². The molecule has 3 aliphatic heterocycles. The number of alkyl halides is 3. The van der Waals surface area contributed by atoms with Gasteiger partial charge < -0.3 is 24.2 Å². The Balaban J connectivity index is 1.15. The van der Waals surface area contributed by atoms with Crippen molar-refractivity contribution >= 4 is 11.9 Å². The minimum atomic E-state index is -4.59. The first-order chi connectivity index (χ1) is 21.0. The van der Waals surface area contributed by atoms with Gasteiger partial charge in [0.05, 0.1) is 31.2 Å². The summed E-state index contributed by atoms with van der Waals surface area (Å²) in [5.74, 6) is -2.25. The maximum atomic E-state index is 14.1. The Labute approximate surface area is 252 Å². The van der Waals surface area contributed by atoms with Crippen LogP contribution in [-0.2, 0) is 27.0 Å². The molecule has 0 radical (unpaired) electrons. The summed E-state index contributed by atoms with van der Waals surface area (Å²) in [5, 5.41) is 10.0. The molecular weight excluding hydrogens is 584 g/mol. The molecule has 2 aromatic rings. The van der Waals surface area contributed by atoms with Crippen LogP contribution in [-0.4, -0.2) is 71.5 Å². The van der Waals surface area contributed by atoms with Crippen LogP contribution < -0.4 is 9.47 Å². The van der Waals surface area contributed by atoms with Crippen molar-refractivity contribution in [3.63, 3.8) is 0 Å². The Bertz CT molecular complexity index is 1390.